The number of rotatable bonds is 4. The first-order valence-electron chi connectivity index (χ1n) is 6.35. The number of nitrogens with zero attached hydrogens (tertiary/aromatic N) is 2. The number of alkyl halides is 3. The number of anilines is 1. The molecule has 1 fully saturated rings. The van der Waals surface area contributed by atoms with Crippen molar-refractivity contribution in [1.29, 1.82) is 5.26 Å². The van der Waals surface area contributed by atoms with Gasteiger partial charge in [-0.25, -0.2) is 0 Å². The third-order valence-corrected chi connectivity index (χ3v) is 3.21. The van der Waals surface area contributed by atoms with Crippen LogP contribution in [0.3, 0.4) is 0 Å². The molecule has 1 aliphatic carbocycles. The number of hydrogen-bond donors (Lipinski definition) is 0. The van der Waals surface area contributed by atoms with Crippen molar-refractivity contribution in [3.63, 3.8) is 0 Å². The van der Waals surface area contributed by atoms with Gasteiger partial charge in [0.2, 0.25) is 0 Å². The van der Waals surface area contributed by atoms with Gasteiger partial charge in [-0.1, -0.05) is 6.92 Å². The van der Waals surface area contributed by atoms with Crippen molar-refractivity contribution >= 4 is 5.69 Å². The first-order valence-corrected chi connectivity index (χ1v) is 6.35. The van der Waals surface area contributed by atoms with Crippen LogP contribution >= 0.6 is 0 Å². The third-order valence-electron chi connectivity index (χ3n) is 3.21. The van der Waals surface area contributed by atoms with E-state index in [-0.39, 0.29) is 5.56 Å². The Morgan fingerprint density at radius 3 is 2.53 bits per heavy atom. The molecule has 0 atom stereocenters. The van der Waals surface area contributed by atoms with Gasteiger partial charge < -0.3 is 4.90 Å². The van der Waals surface area contributed by atoms with Gasteiger partial charge in [0.05, 0.1) is 17.2 Å². The summed E-state index contributed by atoms with van der Waals surface area (Å²) >= 11 is 0. The van der Waals surface area contributed by atoms with E-state index in [9.17, 15) is 13.2 Å². The molecule has 5 heteroatoms. The predicted octanol–water partition coefficient (Wildman–Crippen LogP) is 3.96. The second kappa shape index (κ2) is 5.12. The van der Waals surface area contributed by atoms with E-state index in [1.807, 2.05) is 6.92 Å². The number of nitriles is 1. The largest absolute Gasteiger partial charge is 0.417 e. The van der Waals surface area contributed by atoms with Crippen LogP contribution in [0.1, 0.15) is 37.3 Å². The van der Waals surface area contributed by atoms with E-state index in [2.05, 4.69) is 4.90 Å². The van der Waals surface area contributed by atoms with Crippen molar-refractivity contribution in [2.75, 3.05) is 11.4 Å². The summed E-state index contributed by atoms with van der Waals surface area (Å²) in [6.45, 7) is 2.84. The van der Waals surface area contributed by atoms with Gasteiger partial charge in [-0.3, -0.25) is 0 Å². The highest BCUT2D eigenvalue weighted by Gasteiger charge is 2.35. The zero-order valence-corrected chi connectivity index (χ0v) is 10.7. The molecule has 2 rings (SSSR count). The summed E-state index contributed by atoms with van der Waals surface area (Å²) in [7, 11) is 0. The highest BCUT2D eigenvalue weighted by Crippen LogP contribution is 2.36. The molecule has 0 saturated heterocycles. The smallest absolute Gasteiger partial charge is 0.369 e. The molecule has 1 aliphatic rings. The Kier molecular flexibility index (Phi) is 3.70. The minimum atomic E-state index is -4.47. The molecule has 1 aromatic rings. The van der Waals surface area contributed by atoms with Gasteiger partial charge in [-0.15, -0.1) is 0 Å². The van der Waals surface area contributed by atoms with Crippen molar-refractivity contribution in [3.05, 3.63) is 29.3 Å². The first-order chi connectivity index (χ1) is 8.97. The van der Waals surface area contributed by atoms with Crippen molar-refractivity contribution in [3.8, 4) is 6.07 Å². The highest BCUT2D eigenvalue weighted by atomic mass is 19.4. The number of halogens is 3. The normalized spacial score (nSPS) is 15.1. The van der Waals surface area contributed by atoms with Crippen LogP contribution in [-0.2, 0) is 6.18 Å². The Morgan fingerprint density at radius 2 is 2.05 bits per heavy atom. The number of benzene rings is 1. The van der Waals surface area contributed by atoms with Crippen molar-refractivity contribution in [1.82, 2.24) is 0 Å². The standard InChI is InChI=1S/C14H15F3N2/c1-2-7-19(11-3-4-11)12-5-6-13(14(15,16)17)10(8-12)9-18/h5-6,8,11H,2-4,7H2,1H3. The zero-order valence-electron chi connectivity index (χ0n) is 10.7. The molecule has 0 amide bonds. The van der Waals surface area contributed by atoms with Gasteiger partial charge in [0.1, 0.15) is 0 Å². The lowest BCUT2D eigenvalue weighted by molar-refractivity contribution is -0.137. The molecule has 0 heterocycles. The van der Waals surface area contributed by atoms with Crippen molar-refractivity contribution in [2.24, 2.45) is 0 Å². The highest BCUT2D eigenvalue weighted by molar-refractivity contribution is 5.56. The summed E-state index contributed by atoms with van der Waals surface area (Å²) in [5, 5.41) is 8.90. The minimum Gasteiger partial charge on any atom is -0.369 e. The van der Waals surface area contributed by atoms with Gasteiger partial charge in [0.15, 0.2) is 0 Å². The quantitative estimate of drug-likeness (QED) is 0.826. The lowest BCUT2D eigenvalue weighted by atomic mass is 10.1. The number of hydrogen-bond acceptors (Lipinski definition) is 2. The third kappa shape index (κ3) is 3.01. The second-order valence-corrected chi connectivity index (χ2v) is 4.76. The molecule has 0 bridgehead atoms. The van der Waals surface area contributed by atoms with Gasteiger partial charge in [-0.05, 0) is 37.5 Å². The Labute approximate surface area is 110 Å². The van der Waals surface area contributed by atoms with Crippen LogP contribution in [0.4, 0.5) is 18.9 Å². The Balaban J connectivity index is 2.35. The minimum absolute atomic E-state index is 0.299. The van der Waals surface area contributed by atoms with Crippen molar-refractivity contribution < 1.29 is 13.2 Å². The van der Waals surface area contributed by atoms with Crippen LogP contribution in [0.2, 0.25) is 0 Å². The van der Waals surface area contributed by atoms with Crippen LogP contribution in [0.5, 0.6) is 0 Å². The topological polar surface area (TPSA) is 27.0 Å². The monoisotopic (exact) mass is 268 g/mol. The molecular formula is C14H15F3N2. The van der Waals surface area contributed by atoms with E-state index in [1.165, 1.54) is 12.1 Å². The van der Waals surface area contributed by atoms with Gasteiger partial charge in [0.25, 0.3) is 0 Å². The van der Waals surface area contributed by atoms with Crippen LogP contribution in [0.15, 0.2) is 18.2 Å². The molecule has 0 aliphatic heterocycles. The molecular weight excluding hydrogens is 253 g/mol. The average molecular weight is 268 g/mol. The predicted molar refractivity (Wildman–Crippen MR) is 66.8 cm³/mol. The van der Waals surface area contributed by atoms with Crippen LogP contribution in [0.25, 0.3) is 0 Å². The fourth-order valence-corrected chi connectivity index (χ4v) is 2.20. The molecule has 0 N–H and O–H groups in total. The fraction of sp³-hybridized carbons (Fsp3) is 0.500. The lowest BCUT2D eigenvalue weighted by Gasteiger charge is -2.25. The van der Waals surface area contributed by atoms with Gasteiger partial charge >= 0.3 is 6.18 Å². The maximum Gasteiger partial charge on any atom is 0.417 e. The van der Waals surface area contributed by atoms with E-state index in [4.69, 9.17) is 5.26 Å². The Morgan fingerprint density at radius 1 is 1.37 bits per heavy atom. The van der Waals surface area contributed by atoms with Crippen LogP contribution < -0.4 is 4.90 Å². The Bertz CT molecular complexity index is 498. The fourth-order valence-electron chi connectivity index (χ4n) is 2.20. The summed E-state index contributed by atoms with van der Waals surface area (Å²) < 4.78 is 38.2. The van der Waals surface area contributed by atoms with E-state index in [1.54, 1.807) is 6.07 Å². The second-order valence-electron chi connectivity index (χ2n) is 4.76. The summed E-state index contributed by atoms with van der Waals surface area (Å²) in [5.74, 6) is 0. The van der Waals surface area contributed by atoms with Crippen molar-refractivity contribution in [2.45, 2.75) is 38.4 Å². The van der Waals surface area contributed by atoms with E-state index in [0.29, 0.717) is 11.7 Å². The van der Waals surface area contributed by atoms with Crippen LogP contribution in [0, 0.1) is 11.3 Å². The summed E-state index contributed by atoms with van der Waals surface area (Å²) in [6.07, 6.45) is -1.40. The van der Waals surface area contributed by atoms with E-state index in [0.717, 1.165) is 31.9 Å². The first kappa shape index (κ1) is 13.7. The summed E-state index contributed by atoms with van der Waals surface area (Å²) in [4.78, 5) is 2.10. The molecule has 0 aromatic heterocycles. The molecule has 1 aromatic carbocycles. The molecule has 19 heavy (non-hydrogen) atoms. The maximum absolute atomic E-state index is 12.7. The van der Waals surface area contributed by atoms with Gasteiger partial charge in [0, 0.05) is 18.3 Å². The maximum atomic E-state index is 12.7. The molecule has 2 nitrogen and oxygen atoms in total. The average Bonchev–Trinajstić information content (AvgIpc) is 3.18. The summed E-state index contributed by atoms with van der Waals surface area (Å²) in [6, 6.07) is 5.91. The van der Waals surface area contributed by atoms with E-state index < -0.39 is 11.7 Å². The summed E-state index contributed by atoms with van der Waals surface area (Å²) in [5.41, 5.74) is -0.438. The molecule has 0 unspecified atom stereocenters. The zero-order chi connectivity index (χ0) is 14.0. The lowest BCUT2D eigenvalue weighted by Crippen LogP contribution is -2.26. The molecule has 0 radical (unpaired) electrons. The molecule has 0 spiro atoms. The Hall–Kier alpha value is -1.70. The SMILES string of the molecule is CCCN(c1ccc(C(F)(F)F)c(C#N)c1)C1CC1. The van der Waals surface area contributed by atoms with Gasteiger partial charge in [-0.2, -0.15) is 18.4 Å². The molecule has 102 valence electrons. The molecule has 1 saturated carbocycles. The van der Waals surface area contributed by atoms with Crippen LogP contribution in [-0.4, -0.2) is 12.6 Å². The van der Waals surface area contributed by atoms with E-state index >= 15 is 0 Å².